The highest BCUT2D eigenvalue weighted by Gasteiger charge is 2.56. The van der Waals surface area contributed by atoms with Gasteiger partial charge in [-0.2, -0.15) is 0 Å². The van der Waals surface area contributed by atoms with E-state index < -0.39 is 0 Å². The van der Waals surface area contributed by atoms with Crippen LogP contribution in [0.3, 0.4) is 0 Å². The van der Waals surface area contributed by atoms with Crippen LogP contribution in [0.15, 0.2) is 176 Å². The summed E-state index contributed by atoms with van der Waals surface area (Å²) in [6.07, 6.45) is 5.48. The molecule has 0 saturated heterocycles. The van der Waals surface area contributed by atoms with Gasteiger partial charge in [0.15, 0.2) is 0 Å². The minimum atomic E-state index is 0.194. The quantitative estimate of drug-likeness (QED) is 0.175. The zero-order valence-electron chi connectivity index (χ0n) is 28.2. The molecule has 10 rings (SSSR count). The Balaban J connectivity index is 1.05. The van der Waals surface area contributed by atoms with Crippen LogP contribution < -0.4 is 4.90 Å². The van der Waals surface area contributed by atoms with E-state index in [0.29, 0.717) is 0 Å². The Labute approximate surface area is 295 Å². The predicted molar refractivity (Wildman–Crippen MR) is 209 cm³/mol. The number of benzene rings is 7. The van der Waals surface area contributed by atoms with E-state index in [1.807, 2.05) is 0 Å². The van der Waals surface area contributed by atoms with Gasteiger partial charge in [0.25, 0.3) is 0 Å². The highest BCUT2D eigenvalue weighted by atomic mass is 15.1. The third-order valence-corrected chi connectivity index (χ3v) is 12.0. The van der Waals surface area contributed by atoms with E-state index in [1.165, 1.54) is 70.2 Å². The van der Waals surface area contributed by atoms with Crippen LogP contribution in [0, 0.1) is 11.8 Å². The lowest BCUT2D eigenvalue weighted by Crippen LogP contribution is -2.31. The summed E-state index contributed by atoms with van der Waals surface area (Å²) in [7, 11) is 0. The first-order valence-electron chi connectivity index (χ1n) is 18.2. The summed E-state index contributed by atoms with van der Waals surface area (Å²) in [5.41, 5.74) is 17.2. The Morgan fingerprint density at radius 3 is 1.42 bits per heavy atom. The van der Waals surface area contributed by atoms with E-state index in [-0.39, 0.29) is 5.41 Å². The smallest absolute Gasteiger partial charge is 0.0462 e. The number of nitrogens with zero attached hydrogens (tertiary/aromatic N) is 1. The molecule has 0 amide bonds. The van der Waals surface area contributed by atoms with Crippen molar-refractivity contribution in [1.29, 1.82) is 0 Å². The second-order valence-corrected chi connectivity index (χ2v) is 14.5. The molecule has 0 aliphatic heterocycles. The van der Waals surface area contributed by atoms with Gasteiger partial charge in [0.05, 0.1) is 0 Å². The fraction of sp³-hybridized carbons (Fsp3) is 0.143. The molecule has 3 aliphatic carbocycles. The highest BCUT2D eigenvalue weighted by Crippen LogP contribution is 2.66. The SMILES string of the molecule is c1ccc(-c2ccc(N(c3ccc(-c4ccccc4)cc3)c3ccc(-c4cccc5c4-c4ccccc4C54CC5CCC4C5)cc3)cc2)cc1. The Morgan fingerprint density at radius 1 is 0.400 bits per heavy atom. The Bertz CT molecular complexity index is 2220. The maximum absolute atomic E-state index is 2.45. The molecule has 0 radical (unpaired) electrons. The van der Waals surface area contributed by atoms with Crippen LogP contribution in [-0.4, -0.2) is 0 Å². The van der Waals surface area contributed by atoms with Gasteiger partial charge in [-0.25, -0.2) is 0 Å². The third kappa shape index (κ3) is 4.61. The lowest BCUT2D eigenvalue weighted by atomic mass is 9.66. The number of rotatable bonds is 6. The molecule has 1 nitrogen and oxygen atoms in total. The minimum absolute atomic E-state index is 0.194. The summed E-state index contributed by atoms with van der Waals surface area (Å²) in [6, 6.07) is 64.9. The zero-order valence-corrected chi connectivity index (χ0v) is 28.2. The fourth-order valence-corrected chi connectivity index (χ4v) is 9.78. The van der Waals surface area contributed by atoms with E-state index in [2.05, 4.69) is 181 Å². The summed E-state index contributed by atoms with van der Waals surface area (Å²) in [5.74, 6) is 1.64. The lowest BCUT2D eigenvalue weighted by molar-refractivity contribution is 0.327. The molecule has 2 fully saturated rings. The molecule has 0 aromatic heterocycles. The molecule has 0 N–H and O–H groups in total. The van der Waals surface area contributed by atoms with Gasteiger partial charge in [-0.15, -0.1) is 0 Å². The van der Waals surface area contributed by atoms with Gasteiger partial charge in [-0.05, 0) is 123 Å². The molecule has 2 saturated carbocycles. The second-order valence-electron chi connectivity index (χ2n) is 14.5. The number of hydrogen-bond donors (Lipinski definition) is 0. The van der Waals surface area contributed by atoms with Crippen molar-refractivity contribution in [2.75, 3.05) is 4.90 Å². The van der Waals surface area contributed by atoms with Gasteiger partial charge >= 0.3 is 0 Å². The molecule has 7 aromatic rings. The first kappa shape index (κ1) is 29.3. The number of fused-ring (bicyclic) bond motifs is 8. The minimum Gasteiger partial charge on any atom is -0.311 e. The van der Waals surface area contributed by atoms with Crippen molar-refractivity contribution < 1.29 is 0 Å². The normalized spacial score (nSPS) is 19.8. The lowest BCUT2D eigenvalue weighted by Gasteiger charge is -2.36. The summed E-state index contributed by atoms with van der Waals surface area (Å²) in [4.78, 5) is 2.38. The molecule has 240 valence electrons. The van der Waals surface area contributed by atoms with E-state index in [0.717, 1.165) is 28.9 Å². The van der Waals surface area contributed by atoms with Gasteiger partial charge in [-0.1, -0.05) is 146 Å². The van der Waals surface area contributed by atoms with Gasteiger partial charge in [0.2, 0.25) is 0 Å². The van der Waals surface area contributed by atoms with Crippen LogP contribution in [0.5, 0.6) is 0 Å². The molecule has 1 heteroatoms. The molecule has 1 spiro atoms. The molecule has 50 heavy (non-hydrogen) atoms. The van der Waals surface area contributed by atoms with E-state index >= 15 is 0 Å². The predicted octanol–water partition coefficient (Wildman–Crippen LogP) is 13.2. The Hall–Kier alpha value is -5.66. The summed E-state index contributed by atoms with van der Waals surface area (Å²) in [5, 5.41) is 0. The summed E-state index contributed by atoms with van der Waals surface area (Å²) >= 11 is 0. The van der Waals surface area contributed by atoms with Gasteiger partial charge in [0, 0.05) is 22.5 Å². The van der Waals surface area contributed by atoms with E-state index in [9.17, 15) is 0 Å². The maximum atomic E-state index is 2.45. The van der Waals surface area contributed by atoms with Crippen molar-refractivity contribution in [2.45, 2.75) is 31.1 Å². The van der Waals surface area contributed by atoms with Crippen molar-refractivity contribution in [1.82, 2.24) is 0 Å². The molecule has 0 heterocycles. The average molecular weight is 642 g/mol. The summed E-state index contributed by atoms with van der Waals surface area (Å²) < 4.78 is 0. The highest BCUT2D eigenvalue weighted by molar-refractivity contribution is 5.93. The van der Waals surface area contributed by atoms with Crippen LogP contribution in [0.1, 0.15) is 36.8 Å². The first-order chi connectivity index (χ1) is 24.8. The Kier molecular flexibility index (Phi) is 6.88. The summed E-state index contributed by atoms with van der Waals surface area (Å²) in [6.45, 7) is 0. The average Bonchev–Trinajstić information content (AvgIpc) is 3.89. The maximum Gasteiger partial charge on any atom is 0.0462 e. The topological polar surface area (TPSA) is 3.24 Å². The molecular weight excluding hydrogens is 603 g/mol. The monoisotopic (exact) mass is 641 g/mol. The molecule has 3 aliphatic rings. The van der Waals surface area contributed by atoms with Crippen LogP contribution in [0.2, 0.25) is 0 Å². The van der Waals surface area contributed by atoms with Crippen molar-refractivity contribution >= 4 is 17.1 Å². The van der Waals surface area contributed by atoms with Crippen LogP contribution >= 0.6 is 0 Å². The third-order valence-electron chi connectivity index (χ3n) is 12.0. The van der Waals surface area contributed by atoms with Crippen LogP contribution in [0.4, 0.5) is 17.1 Å². The van der Waals surface area contributed by atoms with Crippen LogP contribution in [-0.2, 0) is 5.41 Å². The standard InChI is InChI=1S/C49H39N/c1-3-10-35(11-4-1)37-19-26-41(27-20-37)50(42-28-21-38(22-29-42)36-12-5-2-6-13-36)43-30-23-39(24-31-43)44-15-9-17-47-48(44)45-14-7-8-16-46(45)49(47)33-34-18-25-40(49)32-34/h1-17,19-24,26-31,34,40H,18,25,32-33H2. The first-order valence-corrected chi connectivity index (χ1v) is 18.2. The number of anilines is 3. The van der Waals surface area contributed by atoms with E-state index in [1.54, 1.807) is 11.1 Å². The largest absolute Gasteiger partial charge is 0.311 e. The van der Waals surface area contributed by atoms with Gasteiger partial charge < -0.3 is 4.90 Å². The fourth-order valence-electron chi connectivity index (χ4n) is 9.78. The van der Waals surface area contributed by atoms with Crippen LogP contribution in [0.25, 0.3) is 44.5 Å². The molecule has 3 atom stereocenters. The van der Waals surface area contributed by atoms with Gasteiger partial charge in [-0.3, -0.25) is 0 Å². The molecule has 2 bridgehead atoms. The van der Waals surface area contributed by atoms with E-state index in [4.69, 9.17) is 0 Å². The van der Waals surface area contributed by atoms with Crippen molar-refractivity contribution in [3.63, 3.8) is 0 Å². The van der Waals surface area contributed by atoms with Gasteiger partial charge in [0.1, 0.15) is 0 Å². The molecular formula is C49H39N. The van der Waals surface area contributed by atoms with Crippen molar-refractivity contribution in [3.05, 3.63) is 187 Å². The van der Waals surface area contributed by atoms with Crippen molar-refractivity contribution in [3.8, 4) is 44.5 Å². The second kappa shape index (κ2) is 11.7. The number of hydrogen-bond acceptors (Lipinski definition) is 1. The molecule has 7 aromatic carbocycles. The molecule has 3 unspecified atom stereocenters. The van der Waals surface area contributed by atoms with Crippen molar-refractivity contribution in [2.24, 2.45) is 11.8 Å². The zero-order chi connectivity index (χ0) is 33.1. The Morgan fingerprint density at radius 2 is 0.880 bits per heavy atom.